The van der Waals surface area contributed by atoms with Gasteiger partial charge in [0.1, 0.15) is 23.7 Å². The lowest BCUT2D eigenvalue weighted by molar-refractivity contribution is -0.192. The molecule has 5 atom stereocenters. The largest absolute Gasteiger partial charge is 0.388 e. The van der Waals surface area contributed by atoms with Gasteiger partial charge < -0.3 is 20.1 Å². The lowest BCUT2D eigenvalue weighted by Crippen LogP contribution is -2.55. The van der Waals surface area contributed by atoms with Gasteiger partial charge in [0.25, 0.3) is 0 Å². The zero-order valence-corrected chi connectivity index (χ0v) is 10.2. The number of hydrogen-bond acceptors (Lipinski definition) is 5. The van der Waals surface area contributed by atoms with Crippen LogP contribution in [0.3, 0.4) is 0 Å². The molecule has 0 spiro atoms. The van der Waals surface area contributed by atoms with Gasteiger partial charge in [-0.05, 0) is 19.1 Å². The van der Waals surface area contributed by atoms with Crippen LogP contribution in [0.5, 0.6) is 0 Å². The minimum absolute atomic E-state index is 0.491. The number of rotatable bonds is 2. The minimum atomic E-state index is -1.17. The van der Waals surface area contributed by atoms with Crippen LogP contribution in [0.2, 0.25) is 0 Å². The van der Waals surface area contributed by atoms with Gasteiger partial charge in [-0.15, -0.1) is 0 Å². The van der Waals surface area contributed by atoms with E-state index in [0.717, 1.165) is 4.90 Å². The first-order valence-corrected chi connectivity index (χ1v) is 6.39. The molecule has 0 radical (unpaired) electrons. The van der Waals surface area contributed by atoms with Crippen molar-refractivity contribution in [1.82, 2.24) is 0 Å². The number of thioether (sulfide) groups is 1. The van der Waals surface area contributed by atoms with Crippen molar-refractivity contribution in [1.29, 1.82) is 0 Å². The summed E-state index contributed by atoms with van der Waals surface area (Å²) in [5.41, 5.74) is -0.564. The second kappa shape index (κ2) is 5.37. The molecule has 1 aliphatic heterocycles. The van der Waals surface area contributed by atoms with Gasteiger partial charge in [-0.3, -0.25) is 0 Å². The molecular weight excluding hydrogens is 240 g/mol. The molecule has 5 heteroatoms. The summed E-state index contributed by atoms with van der Waals surface area (Å²) in [7, 11) is 0. The topological polar surface area (TPSA) is 69.9 Å². The van der Waals surface area contributed by atoms with Crippen LogP contribution in [-0.2, 0) is 4.74 Å². The van der Waals surface area contributed by atoms with Crippen LogP contribution in [0, 0.1) is 0 Å². The smallest absolute Gasteiger partial charge is 0.136 e. The average Bonchev–Trinajstić information content (AvgIpc) is 2.35. The molecule has 1 fully saturated rings. The van der Waals surface area contributed by atoms with Crippen LogP contribution in [0.15, 0.2) is 35.2 Å². The number of aliphatic hydroxyl groups is 3. The van der Waals surface area contributed by atoms with E-state index >= 15 is 0 Å². The van der Waals surface area contributed by atoms with Gasteiger partial charge in [-0.25, -0.2) is 0 Å². The summed E-state index contributed by atoms with van der Waals surface area (Å²) in [6.45, 7) is 1.68. The van der Waals surface area contributed by atoms with Crippen LogP contribution < -0.4 is 0 Å². The maximum Gasteiger partial charge on any atom is 0.136 e. The van der Waals surface area contributed by atoms with E-state index in [1.54, 1.807) is 6.92 Å². The lowest BCUT2D eigenvalue weighted by atomic mass is 10.0. The number of ether oxygens (including phenoxy) is 1. The van der Waals surface area contributed by atoms with Gasteiger partial charge in [-0.2, -0.15) is 0 Å². The summed E-state index contributed by atoms with van der Waals surface area (Å²) >= 11 is 1.34. The Morgan fingerprint density at radius 1 is 1.00 bits per heavy atom. The molecule has 1 aromatic carbocycles. The predicted molar refractivity (Wildman–Crippen MR) is 64.7 cm³/mol. The van der Waals surface area contributed by atoms with Crippen molar-refractivity contribution in [3.8, 4) is 0 Å². The third kappa shape index (κ3) is 2.81. The zero-order chi connectivity index (χ0) is 12.4. The highest BCUT2D eigenvalue weighted by molar-refractivity contribution is 7.99. The highest BCUT2D eigenvalue weighted by Gasteiger charge is 2.42. The van der Waals surface area contributed by atoms with Crippen molar-refractivity contribution in [2.24, 2.45) is 0 Å². The summed E-state index contributed by atoms with van der Waals surface area (Å²) in [6, 6.07) is 9.51. The van der Waals surface area contributed by atoms with E-state index in [2.05, 4.69) is 0 Å². The SMILES string of the molecule is C[C@H]1O[C@@H](Sc2ccccc2)[C@@H](O)[C@@H](O)[C@H]1O. The average molecular weight is 256 g/mol. The van der Waals surface area contributed by atoms with Gasteiger partial charge >= 0.3 is 0 Å². The van der Waals surface area contributed by atoms with Crippen molar-refractivity contribution in [3.05, 3.63) is 30.3 Å². The molecule has 17 heavy (non-hydrogen) atoms. The van der Waals surface area contributed by atoms with Crippen LogP contribution in [-0.4, -0.2) is 45.2 Å². The molecule has 1 aromatic rings. The fraction of sp³-hybridized carbons (Fsp3) is 0.500. The highest BCUT2D eigenvalue weighted by atomic mass is 32.2. The van der Waals surface area contributed by atoms with Crippen LogP contribution in [0.4, 0.5) is 0 Å². The fourth-order valence-electron chi connectivity index (χ4n) is 1.74. The minimum Gasteiger partial charge on any atom is -0.388 e. The molecule has 1 aliphatic rings. The van der Waals surface area contributed by atoms with Crippen molar-refractivity contribution in [2.45, 2.75) is 41.7 Å². The normalized spacial score (nSPS) is 38.0. The number of aliphatic hydroxyl groups excluding tert-OH is 3. The molecule has 4 nitrogen and oxygen atoms in total. The molecule has 94 valence electrons. The molecule has 0 amide bonds. The third-order valence-electron chi connectivity index (χ3n) is 2.80. The fourth-order valence-corrected chi connectivity index (χ4v) is 2.86. The summed E-state index contributed by atoms with van der Waals surface area (Å²) in [4.78, 5) is 0.951. The highest BCUT2D eigenvalue weighted by Crippen LogP contribution is 2.32. The first kappa shape index (κ1) is 12.9. The van der Waals surface area contributed by atoms with Crippen molar-refractivity contribution in [2.75, 3.05) is 0 Å². The van der Waals surface area contributed by atoms with Gasteiger partial charge in [0.15, 0.2) is 0 Å². The molecule has 0 bridgehead atoms. The molecular formula is C12H16O4S. The third-order valence-corrected chi connectivity index (χ3v) is 3.97. The van der Waals surface area contributed by atoms with E-state index in [4.69, 9.17) is 4.74 Å². The Hall–Kier alpha value is -0.590. The maximum atomic E-state index is 9.83. The van der Waals surface area contributed by atoms with E-state index in [0.29, 0.717) is 0 Å². The molecule has 0 aliphatic carbocycles. The standard InChI is InChI=1S/C12H16O4S/c1-7-9(13)10(14)11(15)12(16-7)17-8-5-3-2-4-6-8/h2-7,9-15H,1H3/t7-,9+,10+,11+,12+/m1/s1. The Bertz CT molecular complexity index is 359. The lowest BCUT2D eigenvalue weighted by Gasteiger charge is -2.38. The van der Waals surface area contributed by atoms with E-state index in [1.165, 1.54) is 11.8 Å². The molecule has 0 saturated carbocycles. The Balaban J connectivity index is 2.06. The van der Waals surface area contributed by atoms with E-state index in [1.807, 2.05) is 30.3 Å². The molecule has 0 unspecified atom stereocenters. The van der Waals surface area contributed by atoms with Gasteiger partial charge in [0, 0.05) is 4.90 Å². The first-order chi connectivity index (χ1) is 8.09. The summed E-state index contributed by atoms with van der Waals surface area (Å²) < 4.78 is 5.49. The maximum absolute atomic E-state index is 9.83. The molecule has 3 N–H and O–H groups in total. The Morgan fingerprint density at radius 3 is 2.29 bits per heavy atom. The summed E-state index contributed by atoms with van der Waals surface area (Å²) in [5, 5.41) is 29.1. The van der Waals surface area contributed by atoms with Crippen LogP contribution in [0.1, 0.15) is 6.92 Å². The Kier molecular flexibility index (Phi) is 4.06. The molecule has 2 rings (SSSR count). The Morgan fingerprint density at radius 2 is 1.65 bits per heavy atom. The van der Waals surface area contributed by atoms with E-state index in [9.17, 15) is 15.3 Å². The van der Waals surface area contributed by atoms with Crippen molar-refractivity contribution in [3.63, 3.8) is 0 Å². The van der Waals surface area contributed by atoms with E-state index < -0.39 is 29.9 Å². The Labute approximate surface area is 104 Å². The monoisotopic (exact) mass is 256 g/mol. The number of benzene rings is 1. The first-order valence-electron chi connectivity index (χ1n) is 5.51. The second-order valence-corrected chi connectivity index (χ2v) is 5.28. The zero-order valence-electron chi connectivity index (χ0n) is 9.43. The van der Waals surface area contributed by atoms with Gasteiger partial charge in [0.05, 0.1) is 6.10 Å². The second-order valence-electron chi connectivity index (χ2n) is 4.11. The molecule has 0 aromatic heterocycles. The van der Waals surface area contributed by atoms with Crippen LogP contribution in [0.25, 0.3) is 0 Å². The van der Waals surface area contributed by atoms with Gasteiger partial charge in [-0.1, -0.05) is 30.0 Å². The summed E-state index contributed by atoms with van der Waals surface area (Å²) in [6.07, 6.45) is -3.79. The number of hydrogen-bond donors (Lipinski definition) is 3. The van der Waals surface area contributed by atoms with Crippen LogP contribution >= 0.6 is 11.8 Å². The molecule has 1 heterocycles. The van der Waals surface area contributed by atoms with Gasteiger partial charge in [0.2, 0.25) is 0 Å². The summed E-state index contributed by atoms with van der Waals surface area (Å²) in [5.74, 6) is 0. The molecule has 1 saturated heterocycles. The predicted octanol–water partition coefficient (Wildman–Crippen LogP) is 0.606. The van der Waals surface area contributed by atoms with E-state index in [-0.39, 0.29) is 0 Å². The van der Waals surface area contributed by atoms with Crippen molar-refractivity contribution < 1.29 is 20.1 Å². The van der Waals surface area contributed by atoms with Crippen molar-refractivity contribution >= 4 is 11.8 Å². The quantitative estimate of drug-likeness (QED) is 0.723.